The summed E-state index contributed by atoms with van der Waals surface area (Å²) in [4.78, 5) is 14.2. The highest BCUT2D eigenvalue weighted by atomic mass is 19.1. The summed E-state index contributed by atoms with van der Waals surface area (Å²) in [6.07, 6.45) is 4.09. The first-order chi connectivity index (χ1) is 9.63. The van der Waals surface area contributed by atoms with Crippen LogP contribution in [0, 0.1) is 11.7 Å². The molecule has 3 rings (SSSR count). The lowest BCUT2D eigenvalue weighted by molar-refractivity contribution is -0.132. The molecule has 20 heavy (non-hydrogen) atoms. The van der Waals surface area contributed by atoms with Gasteiger partial charge >= 0.3 is 0 Å². The minimum atomic E-state index is -0.306. The van der Waals surface area contributed by atoms with E-state index in [0.717, 1.165) is 25.1 Å². The third-order valence-corrected chi connectivity index (χ3v) is 3.97. The zero-order chi connectivity index (χ0) is 14.1. The lowest BCUT2D eigenvalue weighted by Gasteiger charge is -2.30. The van der Waals surface area contributed by atoms with Crippen LogP contribution in [0.2, 0.25) is 0 Å². The lowest BCUT2D eigenvalue weighted by atomic mass is 9.99. The van der Waals surface area contributed by atoms with Gasteiger partial charge in [0.1, 0.15) is 11.4 Å². The highest BCUT2D eigenvalue weighted by Gasteiger charge is 2.22. The number of fused-ring (bicyclic) bond motifs is 1. The van der Waals surface area contributed by atoms with Crippen molar-refractivity contribution in [3.63, 3.8) is 0 Å². The molecule has 1 aliphatic heterocycles. The fourth-order valence-electron chi connectivity index (χ4n) is 2.88. The molecule has 2 heterocycles. The average molecular weight is 275 g/mol. The number of halogens is 1. The molecule has 1 unspecified atom stereocenters. The van der Waals surface area contributed by atoms with E-state index in [4.69, 9.17) is 4.42 Å². The average Bonchev–Trinajstić information content (AvgIpc) is 2.81. The molecule has 0 N–H and O–H groups in total. The van der Waals surface area contributed by atoms with Crippen molar-refractivity contribution in [3.05, 3.63) is 35.8 Å². The van der Waals surface area contributed by atoms with E-state index in [2.05, 4.69) is 6.92 Å². The summed E-state index contributed by atoms with van der Waals surface area (Å²) in [5, 5.41) is 0.698. The Bertz CT molecular complexity index is 634. The van der Waals surface area contributed by atoms with Crippen molar-refractivity contribution in [1.82, 2.24) is 4.90 Å². The molecule has 1 amide bonds. The first-order valence-electron chi connectivity index (χ1n) is 7.07. The third-order valence-electron chi connectivity index (χ3n) is 3.97. The van der Waals surface area contributed by atoms with Crippen LogP contribution in [0.4, 0.5) is 4.39 Å². The van der Waals surface area contributed by atoms with E-state index in [1.54, 1.807) is 12.3 Å². The Morgan fingerprint density at radius 2 is 2.35 bits per heavy atom. The van der Waals surface area contributed by atoms with Gasteiger partial charge in [-0.1, -0.05) is 6.92 Å². The van der Waals surface area contributed by atoms with Crippen LogP contribution in [-0.2, 0) is 11.2 Å². The minimum Gasteiger partial charge on any atom is -0.464 e. The number of carbonyl (C=O) groups is 1. The molecule has 3 nitrogen and oxygen atoms in total. The molecule has 1 atom stereocenters. The van der Waals surface area contributed by atoms with Crippen LogP contribution < -0.4 is 0 Å². The number of benzene rings is 1. The SMILES string of the molecule is CC1CCCN(C(=O)Cc2coc3ccc(F)cc23)C1. The van der Waals surface area contributed by atoms with E-state index in [0.29, 0.717) is 16.9 Å². The lowest BCUT2D eigenvalue weighted by Crippen LogP contribution is -2.39. The minimum absolute atomic E-state index is 0.100. The summed E-state index contributed by atoms with van der Waals surface area (Å²) in [6, 6.07) is 4.39. The number of hydrogen-bond donors (Lipinski definition) is 0. The predicted octanol–water partition coefficient (Wildman–Crippen LogP) is 3.37. The van der Waals surface area contributed by atoms with E-state index in [-0.39, 0.29) is 18.1 Å². The molecule has 1 aromatic carbocycles. The number of amides is 1. The molecule has 0 radical (unpaired) electrons. The second kappa shape index (κ2) is 5.27. The van der Waals surface area contributed by atoms with E-state index in [1.165, 1.54) is 18.6 Å². The van der Waals surface area contributed by atoms with Crippen LogP contribution in [0.5, 0.6) is 0 Å². The predicted molar refractivity (Wildman–Crippen MR) is 74.9 cm³/mol. The van der Waals surface area contributed by atoms with Gasteiger partial charge in [-0.15, -0.1) is 0 Å². The van der Waals surface area contributed by atoms with Crippen molar-refractivity contribution in [3.8, 4) is 0 Å². The number of piperidine rings is 1. The molecular weight excluding hydrogens is 257 g/mol. The molecule has 0 saturated carbocycles. The Labute approximate surface area is 117 Å². The van der Waals surface area contributed by atoms with E-state index >= 15 is 0 Å². The molecule has 1 aliphatic rings. The molecule has 106 valence electrons. The van der Waals surface area contributed by atoms with Crippen molar-refractivity contribution >= 4 is 16.9 Å². The number of furan rings is 1. The number of rotatable bonds is 2. The normalized spacial score (nSPS) is 19.5. The summed E-state index contributed by atoms with van der Waals surface area (Å²) >= 11 is 0. The van der Waals surface area contributed by atoms with Crippen LogP contribution in [-0.4, -0.2) is 23.9 Å². The highest BCUT2D eigenvalue weighted by molar-refractivity contribution is 5.87. The van der Waals surface area contributed by atoms with Gasteiger partial charge in [-0.3, -0.25) is 4.79 Å². The van der Waals surface area contributed by atoms with Gasteiger partial charge in [0.15, 0.2) is 0 Å². The smallest absolute Gasteiger partial charge is 0.227 e. The van der Waals surface area contributed by atoms with Gasteiger partial charge in [-0.05, 0) is 37.0 Å². The number of hydrogen-bond acceptors (Lipinski definition) is 2. The van der Waals surface area contributed by atoms with Crippen molar-refractivity contribution in [2.24, 2.45) is 5.92 Å². The molecule has 1 aromatic heterocycles. The summed E-state index contributed by atoms with van der Waals surface area (Å²) in [5.74, 6) is 0.356. The summed E-state index contributed by atoms with van der Waals surface area (Å²) in [6.45, 7) is 3.82. The first-order valence-corrected chi connectivity index (χ1v) is 7.07. The topological polar surface area (TPSA) is 33.5 Å². The quantitative estimate of drug-likeness (QED) is 0.842. The zero-order valence-corrected chi connectivity index (χ0v) is 11.6. The second-order valence-electron chi connectivity index (χ2n) is 5.67. The maximum absolute atomic E-state index is 13.3. The van der Waals surface area contributed by atoms with Crippen LogP contribution in [0.1, 0.15) is 25.3 Å². The third kappa shape index (κ3) is 2.55. The van der Waals surface area contributed by atoms with Gasteiger partial charge in [0.2, 0.25) is 5.91 Å². The summed E-state index contributed by atoms with van der Waals surface area (Å²) in [7, 11) is 0. The number of nitrogens with zero attached hydrogens (tertiary/aromatic N) is 1. The molecule has 4 heteroatoms. The van der Waals surface area contributed by atoms with Crippen molar-refractivity contribution in [2.75, 3.05) is 13.1 Å². The zero-order valence-electron chi connectivity index (χ0n) is 11.6. The fraction of sp³-hybridized carbons (Fsp3) is 0.438. The Balaban J connectivity index is 1.78. The van der Waals surface area contributed by atoms with Crippen LogP contribution >= 0.6 is 0 Å². The largest absolute Gasteiger partial charge is 0.464 e. The van der Waals surface area contributed by atoms with Crippen molar-refractivity contribution < 1.29 is 13.6 Å². The second-order valence-corrected chi connectivity index (χ2v) is 5.67. The molecule has 0 bridgehead atoms. The van der Waals surface area contributed by atoms with Gasteiger partial charge in [0, 0.05) is 24.0 Å². The maximum Gasteiger partial charge on any atom is 0.227 e. The van der Waals surface area contributed by atoms with E-state index < -0.39 is 0 Å². The Hall–Kier alpha value is -1.84. The Kier molecular flexibility index (Phi) is 3.47. The highest BCUT2D eigenvalue weighted by Crippen LogP contribution is 2.24. The molecule has 0 aliphatic carbocycles. The molecule has 1 saturated heterocycles. The van der Waals surface area contributed by atoms with E-state index in [9.17, 15) is 9.18 Å². The summed E-state index contributed by atoms with van der Waals surface area (Å²) in [5.41, 5.74) is 1.39. The van der Waals surface area contributed by atoms with Crippen LogP contribution in [0.15, 0.2) is 28.9 Å². The molecule has 2 aromatic rings. The van der Waals surface area contributed by atoms with Gasteiger partial charge in [0.25, 0.3) is 0 Å². The molecule has 1 fully saturated rings. The first kappa shape index (κ1) is 13.2. The maximum atomic E-state index is 13.3. The van der Waals surface area contributed by atoms with Crippen LogP contribution in [0.3, 0.4) is 0 Å². The van der Waals surface area contributed by atoms with Gasteiger partial charge in [0.05, 0.1) is 12.7 Å². The molecule has 0 spiro atoms. The fourth-order valence-corrected chi connectivity index (χ4v) is 2.88. The van der Waals surface area contributed by atoms with E-state index in [1.807, 2.05) is 4.90 Å². The Morgan fingerprint density at radius 3 is 3.15 bits per heavy atom. The summed E-state index contributed by atoms with van der Waals surface area (Å²) < 4.78 is 18.7. The van der Waals surface area contributed by atoms with Gasteiger partial charge in [-0.25, -0.2) is 4.39 Å². The van der Waals surface area contributed by atoms with Crippen molar-refractivity contribution in [1.29, 1.82) is 0 Å². The van der Waals surface area contributed by atoms with Crippen molar-refractivity contribution in [2.45, 2.75) is 26.2 Å². The Morgan fingerprint density at radius 1 is 1.50 bits per heavy atom. The van der Waals surface area contributed by atoms with Crippen LogP contribution in [0.25, 0.3) is 11.0 Å². The number of carbonyl (C=O) groups excluding carboxylic acids is 1. The standard InChI is InChI=1S/C16H18FNO2/c1-11-3-2-6-18(9-11)16(19)7-12-10-20-15-5-4-13(17)8-14(12)15/h4-5,8,10-11H,2-3,6-7,9H2,1H3. The monoisotopic (exact) mass is 275 g/mol. The van der Waals surface area contributed by atoms with Gasteiger partial charge in [-0.2, -0.15) is 0 Å². The molecular formula is C16H18FNO2. The van der Waals surface area contributed by atoms with Gasteiger partial charge < -0.3 is 9.32 Å². The number of likely N-dealkylation sites (tertiary alicyclic amines) is 1.